The fourth-order valence-corrected chi connectivity index (χ4v) is 2.50. The number of halogens is 1. The second-order valence-corrected chi connectivity index (χ2v) is 6.45. The lowest BCUT2D eigenvalue weighted by Crippen LogP contribution is -2.13. The monoisotopic (exact) mass is 257 g/mol. The van der Waals surface area contributed by atoms with Crippen LogP contribution in [0.25, 0.3) is 5.57 Å². The van der Waals surface area contributed by atoms with Crippen LogP contribution in [0.5, 0.6) is 0 Å². The first-order valence-corrected chi connectivity index (χ1v) is 7.20. The molecule has 2 rings (SSSR count). The van der Waals surface area contributed by atoms with E-state index in [2.05, 4.69) is 11.0 Å². The van der Waals surface area contributed by atoms with Gasteiger partial charge in [-0.25, -0.2) is 8.42 Å². The zero-order valence-electron chi connectivity index (χ0n) is 8.85. The second kappa shape index (κ2) is 4.20. The molecule has 1 aromatic carbocycles. The second-order valence-electron chi connectivity index (χ2n) is 3.89. The summed E-state index contributed by atoms with van der Waals surface area (Å²) >= 11 is 0. The molecule has 0 spiro atoms. The minimum Gasteiger partial charge on any atom is -0.298 e. The number of likely N-dealkylation sites (N-methyl/N-ethyl adjacent to an activating group) is 1. The third kappa shape index (κ3) is 2.45. The zero-order valence-corrected chi connectivity index (χ0v) is 10.4. The molecule has 0 aromatic heterocycles. The fourth-order valence-electron chi connectivity index (χ4n) is 1.73. The van der Waals surface area contributed by atoms with Crippen molar-refractivity contribution in [3.8, 4) is 0 Å². The molecule has 0 N–H and O–H groups in total. The first-order valence-electron chi connectivity index (χ1n) is 4.89. The third-order valence-electron chi connectivity index (χ3n) is 2.60. The van der Waals surface area contributed by atoms with Gasteiger partial charge in [0.2, 0.25) is 0 Å². The molecule has 1 aliphatic rings. The van der Waals surface area contributed by atoms with Gasteiger partial charge in [-0.05, 0) is 30.3 Å². The molecular weight excluding hydrogens is 246 g/mol. The molecule has 0 saturated heterocycles. The molecule has 0 fully saturated rings. The normalized spacial score (nSPS) is 17.5. The zero-order chi connectivity index (χ0) is 11.8. The maximum absolute atomic E-state index is 11.1. The first-order chi connectivity index (χ1) is 7.47. The predicted molar refractivity (Wildman–Crippen MR) is 65.0 cm³/mol. The van der Waals surface area contributed by atoms with Gasteiger partial charge in [0, 0.05) is 23.8 Å². The van der Waals surface area contributed by atoms with Crippen molar-refractivity contribution in [2.75, 3.05) is 20.1 Å². The summed E-state index contributed by atoms with van der Waals surface area (Å²) in [5, 5.41) is 0. The van der Waals surface area contributed by atoms with Crippen molar-refractivity contribution in [1.29, 1.82) is 0 Å². The average Bonchev–Trinajstić information content (AvgIpc) is 2.64. The summed E-state index contributed by atoms with van der Waals surface area (Å²) in [4.78, 5) is 2.33. The van der Waals surface area contributed by atoms with E-state index < -0.39 is 9.05 Å². The molecule has 3 nitrogen and oxygen atoms in total. The minimum atomic E-state index is -3.61. The molecule has 16 heavy (non-hydrogen) atoms. The molecule has 0 saturated carbocycles. The topological polar surface area (TPSA) is 37.4 Å². The maximum atomic E-state index is 11.1. The summed E-state index contributed by atoms with van der Waals surface area (Å²) in [5.74, 6) is 0. The van der Waals surface area contributed by atoms with E-state index in [1.165, 1.54) is 17.7 Å². The molecule has 1 aliphatic heterocycles. The summed E-state index contributed by atoms with van der Waals surface area (Å²) in [6, 6.07) is 6.66. The molecule has 0 amide bonds. The van der Waals surface area contributed by atoms with E-state index in [0.717, 1.165) is 18.7 Å². The third-order valence-corrected chi connectivity index (χ3v) is 3.97. The standard InChI is InChI=1S/C11H12ClNO2S/c1-13-7-6-10(8-13)9-2-4-11(5-3-9)16(12,14)15/h2-6H,7-8H2,1H3. The number of hydrogen-bond acceptors (Lipinski definition) is 3. The van der Waals surface area contributed by atoms with Crippen LogP contribution < -0.4 is 0 Å². The lowest BCUT2D eigenvalue weighted by molar-refractivity contribution is 0.438. The largest absolute Gasteiger partial charge is 0.298 e. The van der Waals surface area contributed by atoms with E-state index in [-0.39, 0.29) is 4.90 Å². The highest BCUT2D eigenvalue weighted by Gasteiger charge is 2.13. The van der Waals surface area contributed by atoms with Crippen molar-refractivity contribution in [3.05, 3.63) is 35.9 Å². The predicted octanol–water partition coefficient (Wildman–Crippen LogP) is 1.94. The Morgan fingerprint density at radius 1 is 1.25 bits per heavy atom. The minimum absolute atomic E-state index is 0.143. The van der Waals surface area contributed by atoms with E-state index in [9.17, 15) is 8.42 Å². The molecule has 86 valence electrons. The maximum Gasteiger partial charge on any atom is 0.261 e. The van der Waals surface area contributed by atoms with Crippen LogP contribution in [0.1, 0.15) is 5.56 Å². The Balaban J connectivity index is 2.27. The van der Waals surface area contributed by atoms with Crippen LogP contribution in [0.2, 0.25) is 0 Å². The van der Waals surface area contributed by atoms with Crippen LogP contribution >= 0.6 is 10.7 Å². The Morgan fingerprint density at radius 3 is 2.31 bits per heavy atom. The van der Waals surface area contributed by atoms with Gasteiger partial charge >= 0.3 is 0 Å². The van der Waals surface area contributed by atoms with E-state index in [4.69, 9.17) is 10.7 Å². The molecule has 1 heterocycles. The smallest absolute Gasteiger partial charge is 0.261 e. The molecule has 1 aromatic rings. The Morgan fingerprint density at radius 2 is 1.88 bits per heavy atom. The van der Waals surface area contributed by atoms with Crippen molar-refractivity contribution >= 4 is 25.3 Å². The van der Waals surface area contributed by atoms with Crippen molar-refractivity contribution in [2.24, 2.45) is 0 Å². The Labute approximate surface area is 99.8 Å². The van der Waals surface area contributed by atoms with Gasteiger partial charge in [-0.3, -0.25) is 4.90 Å². The van der Waals surface area contributed by atoms with Crippen LogP contribution in [-0.4, -0.2) is 33.5 Å². The van der Waals surface area contributed by atoms with Gasteiger partial charge in [0.1, 0.15) is 0 Å². The van der Waals surface area contributed by atoms with Crippen LogP contribution in [0.4, 0.5) is 0 Å². The van der Waals surface area contributed by atoms with Gasteiger partial charge in [-0.1, -0.05) is 18.2 Å². The van der Waals surface area contributed by atoms with E-state index in [1.54, 1.807) is 12.1 Å². The number of nitrogens with zero attached hydrogens (tertiary/aromatic N) is 1. The van der Waals surface area contributed by atoms with Crippen LogP contribution in [0.3, 0.4) is 0 Å². The summed E-state index contributed by atoms with van der Waals surface area (Å²) in [6.07, 6.45) is 2.14. The highest BCUT2D eigenvalue weighted by atomic mass is 35.7. The number of rotatable bonds is 2. The fraction of sp³-hybridized carbons (Fsp3) is 0.273. The van der Waals surface area contributed by atoms with Gasteiger partial charge in [0.25, 0.3) is 9.05 Å². The highest BCUT2D eigenvalue weighted by molar-refractivity contribution is 8.13. The first kappa shape index (κ1) is 11.6. The Kier molecular flexibility index (Phi) is 3.06. The molecule has 0 unspecified atom stereocenters. The number of benzene rings is 1. The lowest BCUT2D eigenvalue weighted by Gasteiger charge is -2.08. The average molecular weight is 258 g/mol. The Bertz CT molecular complexity index is 519. The van der Waals surface area contributed by atoms with Crippen LogP contribution in [0, 0.1) is 0 Å². The molecular formula is C11H12ClNO2S. The van der Waals surface area contributed by atoms with Crippen LogP contribution in [0.15, 0.2) is 35.2 Å². The summed E-state index contributed by atoms with van der Waals surface area (Å²) in [6.45, 7) is 1.83. The molecule has 0 atom stereocenters. The van der Waals surface area contributed by atoms with E-state index in [1.807, 2.05) is 7.05 Å². The van der Waals surface area contributed by atoms with Crippen molar-refractivity contribution in [3.63, 3.8) is 0 Å². The van der Waals surface area contributed by atoms with Crippen molar-refractivity contribution in [2.45, 2.75) is 4.90 Å². The summed E-state index contributed by atoms with van der Waals surface area (Å²) in [5.41, 5.74) is 2.27. The summed E-state index contributed by atoms with van der Waals surface area (Å²) < 4.78 is 22.1. The van der Waals surface area contributed by atoms with Crippen LogP contribution in [-0.2, 0) is 9.05 Å². The highest BCUT2D eigenvalue weighted by Crippen LogP contribution is 2.22. The molecule has 0 radical (unpaired) electrons. The van der Waals surface area contributed by atoms with Gasteiger partial charge < -0.3 is 0 Å². The Hall–Kier alpha value is -0.840. The summed E-state index contributed by atoms with van der Waals surface area (Å²) in [7, 11) is 3.67. The molecule has 5 heteroatoms. The van der Waals surface area contributed by atoms with Gasteiger partial charge in [0.15, 0.2) is 0 Å². The van der Waals surface area contributed by atoms with Crippen molar-refractivity contribution < 1.29 is 8.42 Å². The van der Waals surface area contributed by atoms with E-state index >= 15 is 0 Å². The molecule has 0 bridgehead atoms. The van der Waals surface area contributed by atoms with Gasteiger partial charge in [-0.2, -0.15) is 0 Å². The van der Waals surface area contributed by atoms with Gasteiger partial charge in [-0.15, -0.1) is 0 Å². The lowest BCUT2D eigenvalue weighted by atomic mass is 10.1. The molecule has 0 aliphatic carbocycles. The van der Waals surface area contributed by atoms with Gasteiger partial charge in [0.05, 0.1) is 4.90 Å². The quantitative estimate of drug-likeness (QED) is 0.760. The SMILES string of the molecule is CN1CC=C(c2ccc(S(=O)(=O)Cl)cc2)C1. The van der Waals surface area contributed by atoms with Crippen molar-refractivity contribution in [1.82, 2.24) is 4.90 Å². The number of hydrogen-bond donors (Lipinski definition) is 0. The van der Waals surface area contributed by atoms with E-state index in [0.29, 0.717) is 0 Å².